The maximum absolute atomic E-state index is 13.4. The largest absolute Gasteiger partial charge is 0.496 e. The number of hydrogen-bond acceptors (Lipinski definition) is 4. The van der Waals surface area contributed by atoms with Gasteiger partial charge < -0.3 is 10.5 Å². The molecule has 106 valence electrons. The van der Waals surface area contributed by atoms with Crippen molar-refractivity contribution in [3.63, 3.8) is 0 Å². The Bertz CT molecular complexity index is 632. The van der Waals surface area contributed by atoms with Crippen LogP contribution in [0.3, 0.4) is 0 Å². The Balaban J connectivity index is 2.16. The molecule has 20 heavy (non-hydrogen) atoms. The van der Waals surface area contributed by atoms with Gasteiger partial charge in [-0.2, -0.15) is 0 Å². The Labute approximate surface area is 122 Å². The van der Waals surface area contributed by atoms with Gasteiger partial charge in [0.1, 0.15) is 11.6 Å². The summed E-state index contributed by atoms with van der Waals surface area (Å²) in [6.45, 7) is 3.95. The summed E-state index contributed by atoms with van der Waals surface area (Å²) < 4.78 is 18.8. The third-order valence-corrected chi connectivity index (χ3v) is 4.10. The molecule has 0 saturated carbocycles. The molecule has 0 spiro atoms. The normalized spacial score (nSPS) is 10.6. The van der Waals surface area contributed by atoms with Crippen LogP contribution in [0, 0.1) is 19.7 Å². The summed E-state index contributed by atoms with van der Waals surface area (Å²) in [7, 11) is 1.65. The van der Waals surface area contributed by atoms with E-state index in [1.165, 1.54) is 17.8 Å². The molecular formula is C15H17FN2OS. The van der Waals surface area contributed by atoms with Gasteiger partial charge in [-0.3, -0.25) is 4.98 Å². The van der Waals surface area contributed by atoms with Crippen molar-refractivity contribution in [2.45, 2.75) is 24.5 Å². The Hall–Kier alpha value is -1.75. The van der Waals surface area contributed by atoms with E-state index in [-0.39, 0.29) is 11.5 Å². The predicted octanol–water partition coefficient (Wildman–Crippen LogP) is 3.72. The van der Waals surface area contributed by atoms with Crippen molar-refractivity contribution in [1.29, 1.82) is 0 Å². The van der Waals surface area contributed by atoms with Crippen LogP contribution in [-0.4, -0.2) is 12.1 Å². The summed E-state index contributed by atoms with van der Waals surface area (Å²) >= 11 is 1.52. The molecule has 0 amide bonds. The highest BCUT2D eigenvalue weighted by Crippen LogP contribution is 2.29. The average molecular weight is 292 g/mol. The molecule has 0 aliphatic rings. The van der Waals surface area contributed by atoms with Crippen LogP contribution in [0.5, 0.6) is 5.75 Å². The van der Waals surface area contributed by atoms with Crippen molar-refractivity contribution in [3.8, 4) is 5.75 Å². The lowest BCUT2D eigenvalue weighted by atomic mass is 10.1. The number of pyridine rings is 1. The first kappa shape index (κ1) is 14.7. The molecule has 0 radical (unpaired) electrons. The number of methoxy groups -OCH3 is 1. The van der Waals surface area contributed by atoms with Crippen molar-refractivity contribution in [2.24, 2.45) is 0 Å². The third kappa shape index (κ3) is 3.04. The lowest BCUT2D eigenvalue weighted by Crippen LogP contribution is -1.98. The molecule has 0 unspecified atom stereocenters. The van der Waals surface area contributed by atoms with Gasteiger partial charge in [0.15, 0.2) is 0 Å². The van der Waals surface area contributed by atoms with Crippen molar-refractivity contribution >= 4 is 17.4 Å². The van der Waals surface area contributed by atoms with E-state index >= 15 is 0 Å². The zero-order chi connectivity index (χ0) is 14.7. The fourth-order valence-corrected chi connectivity index (χ4v) is 2.91. The molecule has 1 aromatic heterocycles. The van der Waals surface area contributed by atoms with Crippen molar-refractivity contribution in [1.82, 2.24) is 4.98 Å². The molecule has 2 rings (SSSR count). The lowest BCUT2D eigenvalue weighted by molar-refractivity contribution is 0.407. The number of nitrogen functional groups attached to an aromatic ring is 1. The summed E-state index contributed by atoms with van der Waals surface area (Å²) in [6.07, 6.45) is 1.80. The fraction of sp³-hybridized carbons (Fsp3) is 0.267. The number of rotatable bonds is 4. The zero-order valence-electron chi connectivity index (χ0n) is 11.7. The number of thioether (sulfide) groups is 1. The van der Waals surface area contributed by atoms with Gasteiger partial charge in [0.2, 0.25) is 0 Å². The Morgan fingerprint density at radius 1 is 1.35 bits per heavy atom. The molecule has 0 atom stereocenters. The molecule has 1 heterocycles. The number of hydrogen-bond donors (Lipinski definition) is 1. The van der Waals surface area contributed by atoms with Gasteiger partial charge in [0.25, 0.3) is 0 Å². The molecule has 5 heteroatoms. The van der Waals surface area contributed by atoms with E-state index in [0.29, 0.717) is 5.75 Å². The molecule has 0 aliphatic heterocycles. The highest BCUT2D eigenvalue weighted by molar-refractivity contribution is 7.98. The number of anilines is 1. The quantitative estimate of drug-likeness (QED) is 0.689. The third-order valence-electron chi connectivity index (χ3n) is 3.10. The van der Waals surface area contributed by atoms with Crippen molar-refractivity contribution in [2.75, 3.05) is 12.8 Å². The topological polar surface area (TPSA) is 48.1 Å². The van der Waals surface area contributed by atoms with Crippen LogP contribution in [0.1, 0.15) is 16.8 Å². The van der Waals surface area contributed by atoms with Gasteiger partial charge in [0, 0.05) is 28.0 Å². The first-order chi connectivity index (χ1) is 9.52. The second-order valence-corrected chi connectivity index (χ2v) is 5.57. The lowest BCUT2D eigenvalue weighted by Gasteiger charge is -2.12. The summed E-state index contributed by atoms with van der Waals surface area (Å²) in [5.74, 6) is 1.13. The maximum Gasteiger partial charge on any atom is 0.147 e. The molecule has 2 aromatic rings. The Morgan fingerprint density at radius 3 is 2.75 bits per heavy atom. The molecule has 3 nitrogen and oxygen atoms in total. The summed E-state index contributed by atoms with van der Waals surface area (Å²) in [5, 5.41) is 0. The van der Waals surface area contributed by atoms with Crippen LogP contribution in [0.4, 0.5) is 10.1 Å². The van der Waals surface area contributed by atoms with Gasteiger partial charge in [-0.15, -0.1) is 11.8 Å². The maximum atomic E-state index is 13.4. The minimum absolute atomic E-state index is 0.167. The smallest absolute Gasteiger partial charge is 0.147 e. The van der Waals surface area contributed by atoms with E-state index in [4.69, 9.17) is 10.5 Å². The van der Waals surface area contributed by atoms with E-state index < -0.39 is 0 Å². The van der Waals surface area contributed by atoms with Gasteiger partial charge in [-0.1, -0.05) is 0 Å². The molecule has 2 N–H and O–H groups in total. The second kappa shape index (κ2) is 6.13. The summed E-state index contributed by atoms with van der Waals surface area (Å²) in [4.78, 5) is 5.25. The van der Waals surface area contributed by atoms with Gasteiger partial charge >= 0.3 is 0 Å². The average Bonchev–Trinajstić information content (AvgIpc) is 2.42. The fourth-order valence-electron chi connectivity index (χ4n) is 1.97. The van der Waals surface area contributed by atoms with E-state index in [1.807, 2.05) is 19.9 Å². The highest BCUT2D eigenvalue weighted by atomic mass is 32.2. The van der Waals surface area contributed by atoms with Crippen LogP contribution in [0.2, 0.25) is 0 Å². The Kier molecular flexibility index (Phi) is 4.49. The number of halogens is 1. The van der Waals surface area contributed by atoms with E-state index in [9.17, 15) is 4.39 Å². The Morgan fingerprint density at radius 2 is 2.10 bits per heavy atom. The van der Waals surface area contributed by atoms with E-state index in [1.54, 1.807) is 19.4 Å². The number of nitrogens with zero attached hydrogens (tertiary/aromatic N) is 1. The van der Waals surface area contributed by atoms with Crippen LogP contribution >= 0.6 is 11.8 Å². The van der Waals surface area contributed by atoms with Gasteiger partial charge in [-0.25, -0.2) is 4.39 Å². The first-order valence-electron chi connectivity index (χ1n) is 6.19. The second-order valence-electron chi connectivity index (χ2n) is 4.52. The first-order valence-corrected chi connectivity index (χ1v) is 7.18. The van der Waals surface area contributed by atoms with Crippen LogP contribution < -0.4 is 10.5 Å². The van der Waals surface area contributed by atoms with Gasteiger partial charge in [0.05, 0.1) is 18.5 Å². The van der Waals surface area contributed by atoms with Gasteiger partial charge in [-0.05, 0) is 32.0 Å². The number of ether oxygens (including phenoxy) is 1. The minimum Gasteiger partial charge on any atom is -0.496 e. The van der Waals surface area contributed by atoms with Crippen LogP contribution in [0.25, 0.3) is 0 Å². The molecule has 1 aromatic carbocycles. The number of aromatic nitrogens is 1. The molecule has 0 aliphatic carbocycles. The molecule has 0 saturated heterocycles. The number of nitrogens with two attached hydrogens (primary N) is 1. The summed E-state index contributed by atoms with van der Waals surface area (Å²) in [5.41, 5.74) is 8.60. The minimum atomic E-state index is -0.388. The van der Waals surface area contributed by atoms with Crippen LogP contribution in [0.15, 0.2) is 29.3 Å². The van der Waals surface area contributed by atoms with E-state index in [2.05, 4.69) is 4.98 Å². The monoisotopic (exact) mass is 292 g/mol. The molecule has 0 fully saturated rings. The highest BCUT2D eigenvalue weighted by Gasteiger charge is 2.10. The van der Waals surface area contributed by atoms with Crippen LogP contribution in [-0.2, 0) is 5.75 Å². The molecule has 0 bridgehead atoms. The SMILES string of the molecule is COc1c(C)cnc(CSc2ccc(N)c(F)c2)c1C. The zero-order valence-corrected chi connectivity index (χ0v) is 12.6. The molecular weight excluding hydrogens is 275 g/mol. The van der Waals surface area contributed by atoms with Crippen molar-refractivity contribution < 1.29 is 9.13 Å². The predicted molar refractivity (Wildman–Crippen MR) is 80.6 cm³/mol. The number of benzene rings is 1. The standard InChI is InChI=1S/C15H17FN2OS/c1-9-7-18-14(10(2)15(9)19-3)8-20-11-4-5-13(17)12(16)6-11/h4-7H,8,17H2,1-3H3. The summed E-state index contributed by atoms with van der Waals surface area (Å²) in [6, 6.07) is 4.83. The van der Waals surface area contributed by atoms with Crippen molar-refractivity contribution in [3.05, 3.63) is 47.0 Å². The van der Waals surface area contributed by atoms with E-state index in [0.717, 1.165) is 27.5 Å². The number of aryl methyl sites for hydroxylation is 1.